The molecule has 2 N–H and O–H groups in total. The number of hydrogen-bond donors (Lipinski definition) is 2. The second-order valence-electron chi connectivity index (χ2n) is 5.56. The normalized spacial score (nSPS) is 12.0. The van der Waals surface area contributed by atoms with E-state index in [1.807, 2.05) is 6.07 Å². The van der Waals surface area contributed by atoms with Gasteiger partial charge in [0.05, 0.1) is 11.1 Å². The summed E-state index contributed by atoms with van der Waals surface area (Å²) in [4.78, 5) is 0. The van der Waals surface area contributed by atoms with Crippen molar-refractivity contribution < 1.29 is 26.3 Å². The number of nitrogens with one attached hydrogen (secondary N) is 2. The number of rotatable bonds is 4. The molecule has 0 heterocycles. The first-order valence-corrected chi connectivity index (χ1v) is 8.32. The Balaban J connectivity index is 2.05. The van der Waals surface area contributed by atoms with Crippen LogP contribution in [0.15, 0.2) is 42.5 Å². The molecule has 0 radical (unpaired) electrons. The van der Waals surface area contributed by atoms with Crippen LogP contribution < -0.4 is 10.6 Å². The Kier molecular flexibility index (Phi) is 6.59. The maximum atomic E-state index is 12.8. The minimum absolute atomic E-state index is 0.0563. The lowest BCUT2D eigenvalue weighted by molar-refractivity contribution is -0.143. The van der Waals surface area contributed by atoms with Crippen LogP contribution >= 0.6 is 23.8 Å². The first kappa shape index (κ1) is 21.3. The summed E-state index contributed by atoms with van der Waals surface area (Å²) in [7, 11) is 0. The molecule has 2 nitrogen and oxygen atoms in total. The van der Waals surface area contributed by atoms with E-state index >= 15 is 0 Å². The molecule has 0 saturated heterocycles. The zero-order valence-corrected chi connectivity index (χ0v) is 15.1. The van der Waals surface area contributed by atoms with Gasteiger partial charge < -0.3 is 10.6 Å². The Morgan fingerprint density at radius 2 is 1.52 bits per heavy atom. The van der Waals surface area contributed by atoms with E-state index in [-0.39, 0.29) is 11.2 Å². The van der Waals surface area contributed by atoms with Gasteiger partial charge in [-0.15, -0.1) is 0 Å². The molecule has 146 valence electrons. The van der Waals surface area contributed by atoms with Gasteiger partial charge in [0.2, 0.25) is 0 Å². The van der Waals surface area contributed by atoms with E-state index in [1.54, 1.807) is 18.2 Å². The lowest BCUT2D eigenvalue weighted by atomic mass is 10.1. The molecular formula is C17H13ClF6N2S. The average Bonchev–Trinajstić information content (AvgIpc) is 2.53. The Labute approximate surface area is 161 Å². The summed E-state index contributed by atoms with van der Waals surface area (Å²) in [6.07, 6.45) is -9.32. The van der Waals surface area contributed by atoms with Crippen LogP contribution in [0.2, 0.25) is 5.02 Å². The molecule has 27 heavy (non-hydrogen) atoms. The molecule has 2 rings (SSSR count). The quantitative estimate of drug-likeness (QED) is 0.469. The van der Waals surface area contributed by atoms with Crippen molar-refractivity contribution in [1.82, 2.24) is 5.32 Å². The summed E-state index contributed by atoms with van der Waals surface area (Å²) in [6.45, 7) is 0.317. The van der Waals surface area contributed by atoms with Crippen LogP contribution in [0.1, 0.15) is 16.7 Å². The highest BCUT2D eigenvalue weighted by atomic mass is 35.5. The van der Waals surface area contributed by atoms with Gasteiger partial charge in [0.1, 0.15) is 0 Å². The molecule has 0 atom stereocenters. The molecule has 0 aromatic heterocycles. The van der Waals surface area contributed by atoms with Crippen LogP contribution in [0.25, 0.3) is 0 Å². The Morgan fingerprint density at radius 3 is 2.04 bits per heavy atom. The van der Waals surface area contributed by atoms with Gasteiger partial charge in [-0.1, -0.05) is 23.7 Å². The minimum Gasteiger partial charge on any atom is -0.362 e. The van der Waals surface area contributed by atoms with Crippen LogP contribution in [0.3, 0.4) is 0 Å². The van der Waals surface area contributed by atoms with Gasteiger partial charge in [0.25, 0.3) is 0 Å². The topological polar surface area (TPSA) is 24.1 Å². The molecule has 0 aliphatic heterocycles. The zero-order valence-electron chi connectivity index (χ0n) is 13.5. The Morgan fingerprint density at radius 1 is 0.926 bits per heavy atom. The van der Waals surface area contributed by atoms with E-state index in [1.165, 1.54) is 0 Å². The smallest absolute Gasteiger partial charge is 0.362 e. The third kappa shape index (κ3) is 6.59. The van der Waals surface area contributed by atoms with E-state index in [9.17, 15) is 26.3 Å². The fourth-order valence-corrected chi connectivity index (χ4v) is 2.65. The number of halogens is 7. The summed E-state index contributed by atoms with van der Waals surface area (Å²) < 4.78 is 77.1. The number of alkyl halides is 6. The summed E-state index contributed by atoms with van der Waals surface area (Å²) in [5.74, 6) is 0. The molecule has 0 amide bonds. The molecule has 0 aliphatic rings. The van der Waals surface area contributed by atoms with E-state index in [0.717, 1.165) is 5.56 Å². The monoisotopic (exact) mass is 426 g/mol. The van der Waals surface area contributed by atoms with Gasteiger partial charge >= 0.3 is 12.4 Å². The third-order valence-electron chi connectivity index (χ3n) is 3.43. The Hall–Kier alpha value is -2.00. The van der Waals surface area contributed by atoms with Crippen LogP contribution in [0.4, 0.5) is 32.0 Å². The summed E-state index contributed by atoms with van der Waals surface area (Å²) >= 11 is 10.8. The van der Waals surface area contributed by atoms with Crippen molar-refractivity contribution in [2.45, 2.75) is 18.8 Å². The minimum atomic E-state index is -4.92. The molecule has 0 spiro atoms. The van der Waals surface area contributed by atoms with Gasteiger partial charge in [-0.25, -0.2) is 0 Å². The van der Waals surface area contributed by atoms with E-state index in [0.29, 0.717) is 30.1 Å². The van der Waals surface area contributed by atoms with Gasteiger partial charge in [-0.3, -0.25) is 0 Å². The molecule has 10 heteroatoms. The number of benzene rings is 2. The molecule has 2 aromatic rings. The van der Waals surface area contributed by atoms with Crippen molar-refractivity contribution in [2.24, 2.45) is 0 Å². The number of hydrogen-bond acceptors (Lipinski definition) is 1. The van der Waals surface area contributed by atoms with Crippen LogP contribution in [0, 0.1) is 0 Å². The highest BCUT2D eigenvalue weighted by Gasteiger charge is 2.37. The van der Waals surface area contributed by atoms with Crippen molar-refractivity contribution in [1.29, 1.82) is 0 Å². The van der Waals surface area contributed by atoms with E-state index in [4.69, 9.17) is 23.8 Å². The fraction of sp³-hybridized carbons (Fsp3) is 0.235. The molecule has 0 bridgehead atoms. The molecule has 0 unspecified atom stereocenters. The number of thiocarbonyl (C=S) groups is 1. The summed E-state index contributed by atoms with van der Waals surface area (Å²) in [5, 5.41) is 5.55. The van der Waals surface area contributed by atoms with E-state index < -0.39 is 29.2 Å². The highest BCUT2D eigenvalue weighted by molar-refractivity contribution is 7.80. The second-order valence-corrected chi connectivity index (χ2v) is 6.40. The Bertz CT molecular complexity index is 788. The summed E-state index contributed by atoms with van der Waals surface area (Å²) in [5.41, 5.74) is -2.34. The predicted molar refractivity (Wildman–Crippen MR) is 95.8 cm³/mol. The highest BCUT2D eigenvalue weighted by Crippen LogP contribution is 2.37. The third-order valence-corrected chi connectivity index (χ3v) is 3.92. The molecular weight excluding hydrogens is 414 g/mol. The van der Waals surface area contributed by atoms with Crippen molar-refractivity contribution >= 4 is 34.6 Å². The van der Waals surface area contributed by atoms with Crippen molar-refractivity contribution in [3.8, 4) is 0 Å². The first-order chi connectivity index (χ1) is 12.4. The van der Waals surface area contributed by atoms with Crippen molar-refractivity contribution in [2.75, 3.05) is 11.9 Å². The van der Waals surface area contributed by atoms with Gasteiger partial charge in [0, 0.05) is 17.3 Å². The second kappa shape index (κ2) is 8.35. The molecule has 0 aliphatic carbocycles. The molecule has 2 aromatic carbocycles. The van der Waals surface area contributed by atoms with Crippen LogP contribution in [-0.2, 0) is 18.8 Å². The first-order valence-electron chi connectivity index (χ1n) is 7.54. The lowest BCUT2D eigenvalue weighted by Crippen LogP contribution is -2.30. The van der Waals surface area contributed by atoms with Gasteiger partial charge in [-0.2, -0.15) is 26.3 Å². The number of anilines is 1. The van der Waals surface area contributed by atoms with Crippen LogP contribution in [-0.4, -0.2) is 11.7 Å². The average molecular weight is 427 g/mol. The summed E-state index contributed by atoms with van der Waals surface area (Å²) in [6, 6.07) is 8.22. The predicted octanol–water partition coefficient (Wildman–Crippen LogP) is 5.91. The van der Waals surface area contributed by atoms with Crippen molar-refractivity contribution in [3.05, 3.63) is 64.2 Å². The SMILES string of the molecule is FC(F)(F)c1cc(NC(=S)NCCc2cccc(Cl)c2)cc(C(F)(F)F)c1. The fourth-order valence-electron chi connectivity index (χ4n) is 2.22. The maximum absolute atomic E-state index is 12.8. The van der Waals surface area contributed by atoms with Gasteiger partial charge in [0.15, 0.2) is 5.11 Å². The molecule has 0 saturated carbocycles. The molecule has 0 fully saturated rings. The maximum Gasteiger partial charge on any atom is 0.416 e. The van der Waals surface area contributed by atoms with Gasteiger partial charge in [-0.05, 0) is 54.5 Å². The zero-order chi connectivity index (χ0) is 20.2. The van der Waals surface area contributed by atoms with E-state index in [2.05, 4.69) is 10.6 Å². The largest absolute Gasteiger partial charge is 0.416 e. The van der Waals surface area contributed by atoms with Crippen molar-refractivity contribution in [3.63, 3.8) is 0 Å². The van der Waals surface area contributed by atoms with Crippen LogP contribution in [0.5, 0.6) is 0 Å². The standard InChI is InChI=1S/C17H13ClF6N2S/c18-13-3-1-2-10(6-13)4-5-25-15(27)26-14-8-11(16(19,20)21)7-12(9-14)17(22,23)24/h1-3,6-9H,4-5H2,(H2,25,26,27). The lowest BCUT2D eigenvalue weighted by Gasteiger charge is -2.16.